The molecule has 0 amide bonds. The Morgan fingerprint density at radius 2 is 2.15 bits per heavy atom. The van der Waals surface area contributed by atoms with Crippen molar-refractivity contribution in [1.29, 1.82) is 0 Å². The molecule has 1 N–H and O–H groups in total. The van der Waals surface area contributed by atoms with Crippen molar-refractivity contribution in [3.05, 3.63) is 31.6 Å². The molecule has 1 aromatic rings. The van der Waals surface area contributed by atoms with Gasteiger partial charge in [-0.3, -0.25) is 10.1 Å². The largest absolute Gasteiger partial charge is 0.390 e. The van der Waals surface area contributed by atoms with Crippen LogP contribution >= 0.6 is 22.6 Å². The number of nitro groups is 1. The fourth-order valence-corrected chi connectivity index (χ4v) is 2.88. The van der Waals surface area contributed by atoms with Crippen molar-refractivity contribution in [3.63, 3.8) is 0 Å². The summed E-state index contributed by atoms with van der Waals surface area (Å²) in [6, 6.07) is 2.48. The number of nitro benzene ring substituents is 1. The third-order valence-electron chi connectivity index (χ3n) is 3.62. The monoisotopic (exact) mass is 394 g/mol. The summed E-state index contributed by atoms with van der Waals surface area (Å²) in [5.74, 6) is -0.456. The van der Waals surface area contributed by atoms with E-state index in [1.165, 1.54) is 12.1 Å². The summed E-state index contributed by atoms with van der Waals surface area (Å²) >= 11 is 1.75. The van der Waals surface area contributed by atoms with E-state index in [0.29, 0.717) is 31.6 Å². The summed E-state index contributed by atoms with van der Waals surface area (Å²) in [4.78, 5) is 12.4. The van der Waals surface area contributed by atoms with Crippen molar-refractivity contribution < 1.29 is 14.4 Å². The Bertz CT molecular complexity index is 537. The van der Waals surface area contributed by atoms with Gasteiger partial charge in [-0.25, -0.2) is 4.39 Å². The van der Waals surface area contributed by atoms with Crippen molar-refractivity contribution in [3.8, 4) is 0 Å². The van der Waals surface area contributed by atoms with E-state index in [2.05, 4.69) is 0 Å². The van der Waals surface area contributed by atoms with Gasteiger partial charge in [-0.2, -0.15) is 0 Å². The SMILES string of the molecule is CC1(O)CCCN(c2cc(F)c(I)cc2[N+](=O)[O-])CC1. The molecule has 2 rings (SSSR count). The van der Waals surface area contributed by atoms with Crippen LogP contribution in [0, 0.1) is 19.5 Å². The van der Waals surface area contributed by atoms with Crippen LogP contribution in [-0.4, -0.2) is 28.7 Å². The van der Waals surface area contributed by atoms with Gasteiger partial charge in [0.05, 0.1) is 14.1 Å². The predicted molar refractivity (Wildman–Crippen MR) is 82.5 cm³/mol. The summed E-state index contributed by atoms with van der Waals surface area (Å²) in [7, 11) is 0. The lowest BCUT2D eigenvalue weighted by atomic mass is 9.98. The molecule has 0 radical (unpaired) electrons. The molecule has 1 aliphatic rings. The average molecular weight is 394 g/mol. The van der Waals surface area contributed by atoms with Gasteiger partial charge in [-0.15, -0.1) is 0 Å². The van der Waals surface area contributed by atoms with Crippen molar-refractivity contribution in [2.24, 2.45) is 0 Å². The van der Waals surface area contributed by atoms with Crippen molar-refractivity contribution in [1.82, 2.24) is 0 Å². The highest BCUT2D eigenvalue weighted by Crippen LogP contribution is 2.34. The fourth-order valence-electron chi connectivity index (χ4n) is 2.43. The minimum absolute atomic E-state index is 0.0858. The molecule has 0 aliphatic carbocycles. The number of aliphatic hydroxyl groups is 1. The maximum Gasteiger partial charge on any atom is 0.293 e. The van der Waals surface area contributed by atoms with E-state index in [9.17, 15) is 19.6 Å². The van der Waals surface area contributed by atoms with Crippen LogP contribution in [0.4, 0.5) is 15.8 Å². The summed E-state index contributed by atoms with van der Waals surface area (Å²) in [6.45, 7) is 2.82. The summed E-state index contributed by atoms with van der Waals surface area (Å²) in [6.07, 6.45) is 1.87. The second-order valence-electron chi connectivity index (χ2n) is 5.35. The van der Waals surface area contributed by atoms with Crippen LogP contribution in [0.2, 0.25) is 0 Å². The Morgan fingerprint density at radius 3 is 2.80 bits per heavy atom. The summed E-state index contributed by atoms with van der Waals surface area (Å²) in [5, 5.41) is 21.2. The highest BCUT2D eigenvalue weighted by Gasteiger charge is 2.28. The van der Waals surface area contributed by atoms with Crippen molar-refractivity contribution in [2.45, 2.75) is 31.8 Å². The highest BCUT2D eigenvalue weighted by molar-refractivity contribution is 14.1. The lowest BCUT2D eigenvalue weighted by Gasteiger charge is -2.24. The fraction of sp³-hybridized carbons (Fsp3) is 0.538. The quantitative estimate of drug-likeness (QED) is 0.476. The van der Waals surface area contributed by atoms with Gasteiger partial charge in [-0.05, 0) is 48.8 Å². The van der Waals surface area contributed by atoms with Gasteiger partial charge in [0.1, 0.15) is 11.5 Å². The molecular formula is C13H16FIN2O3. The molecule has 1 fully saturated rings. The molecule has 0 spiro atoms. The molecule has 110 valence electrons. The Balaban J connectivity index is 2.36. The van der Waals surface area contributed by atoms with E-state index in [1.807, 2.05) is 0 Å². The molecule has 1 saturated heterocycles. The van der Waals surface area contributed by atoms with Crippen LogP contribution < -0.4 is 4.90 Å². The van der Waals surface area contributed by atoms with Gasteiger partial charge >= 0.3 is 0 Å². The van der Waals surface area contributed by atoms with E-state index < -0.39 is 16.3 Å². The number of benzene rings is 1. The molecule has 7 heteroatoms. The van der Waals surface area contributed by atoms with E-state index in [1.54, 1.807) is 34.4 Å². The second-order valence-corrected chi connectivity index (χ2v) is 6.51. The molecular weight excluding hydrogens is 378 g/mol. The van der Waals surface area contributed by atoms with E-state index in [-0.39, 0.29) is 9.26 Å². The van der Waals surface area contributed by atoms with Crippen LogP contribution in [0.3, 0.4) is 0 Å². The van der Waals surface area contributed by atoms with Gasteiger partial charge in [0.2, 0.25) is 0 Å². The average Bonchev–Trinajstić information content (AvgIpc) is 2.53. The molecule has 1 atom stereocenters. The topological polar surface area (TPSA) is 66.6 Å². The Kier molecular flexibility index (Phi) is 4.48. The summed E-state index contributed by atoms with van der Waals surface area (Å²) < 4.78 is 14.0. The number of halogens is 2. The molecule has 5 nitrogen and oxygen atoms in total. The van der Waals surface area contributed by atoms with Crippen molar-refractivity contribution in [2.75, 3.05) is 18.0 Å². The first-order chi connectivity index (χ1) is 9.30. The Hall–Kier alpha value is -0.960. The zero-order chi connectivity index (χ0) is 14.9. The standard InChI is InChI=1S/C13H16FIN2O3/c1-13(18)3-2-5-16(6-4-13)11-7-9(14)10(15)8-12(11)17(19)20/h7-8,18H,2-6H2,1H3. The first-order valence-electron chi connectivity index (χ1n) is 6.41. The maximum absolute atomic E-state index is 13.7. The first-order valence-corrected chi connectivity index (χ1v) is 7.49. The van der Waals surface area contributed by atoms with Crippen molar-refractivity contribution >= 4 is 34.0 Å². The van der Waals surface area contributed by atoms with E-state index in [4.69, 9.17) is 0 Å². The minimum atomic E-state index is -0.759. The molecule has 0 aromatic heterocycles. The molecule has 1 unspecified atom stereocenters. The molecule has 1 aromatic carbocycles. The minimum Gasteiger partial charge on any atom is -0.390 e. The normalized spacial score (nSPS) is 23.5. The zero-order valence-electron chi connectivity index (χ0n) is 11.1. The maximum atomic E-state index is 13.7. The molecule has 0 saturated carbocycles. The van der Waals surface area contributed by atoms with Crippen LogP contribution in [-0.2, 0) is 0 Å². The van der Waals surface area contributed by atoms with Crippen LogP contribution in [0.5, 0.6) is 0 Å². The molecule has 20 heavy (non-hydrogen) atoms. The first kappa shape index (κ1) is 15.4. The van der Waals surface area contributed by atoms with Gasteiger partial charge in [0, 0.05) is 25.2 Å². The van der Waals surface area contributed by atoms with E-state index >= 15 is 0 Å². The number of anilines is 1. The predicted octanol–water partition coefficient (Wildman–Crippen LogP) is 3.08. The number of hydrogen-bond acceptors (Lipinski definition) is 4. The molecule has 0 bridgehead atoms. The summed E-state index contributed by atoms with van der Waals surface area (Å²) in [5.41, 5.74) is -0.548. The van der Waals surface area contributed by atoms with Gasteiger partial charge in [-0.1, -0.05) is 0 Å². The second kappa shape index (κ2) is 5.80. The number of nitrogens with zero attached hydrogens (tertiary/aromatic N) is 2. The Morgan fingerprint density at radius 1 is 1.45 bits per heavy atom. The Labute approximate surface area is 130 Å². The number of rotatable bonds is 2. The van der Waals surface area contributed by atoms with E-state index in [0.717, 1.165) is 6.42 Å². The molecule has 1 heterocycles. The molecule has 1 aliphatic heterocycles. The third kappa shape index (κ3) is 3.38. The lowest BCUT2D eigenvalue weighted by molar-refractivity contribution is -0.384. The smallest absolute Gasteiger partial charge is 0.293 e. The third-order valence-corrected chi connectivity index (χ3v) is 4.45. The lowest BCUT2D eigenvalue weighted by Crippen LogP contribution is -2.28. The van der Waals surface area contributed by atoms with Crippen LogP contribution in [0.15, 0.2) is 12.1 Å². The van der Waals surface area contributed by atoms with Gasteiger partial charge in [0.25, 0.3) is 5.69 Å². The highest BCUT2D eigenvalue weighted by atomic mass is 127. The van der Waals surface area contributed by atoms with Crippen LogP contribution in [0.1, 0.15) is 26.2 Å². The van der Waals surface area contributed by atoms with Gasteiger partial charge in [0.15, 0.2) is 0 Å². The van der Waals surface area contributed by atoms with Gasteiger partial charge < -0.3 is 10.0 Å². The zero-order valence-corrected chi connectivity index (χ0v) is 13.3. The van der Waals surface area contributed by atoms with Crippen LogP contribution in [0.25, 0.3) is 0 Å². The number of hydrogen-bond donors (Lipinski definition) is 1.